The first-order valence-electron chi connectivity index (χ1n) is 6.42. The van der Waals surface area contributed by atoms with Crippen LogP contribution in [0.1, 0.15) is 5.56 Å². The fraction of sp³-hybridized carbons (Fsp3) is 0.188. The van der Waals surface area contributed by atoms with Gasteiger partial charge < -0.3 is 14.8 Å². The fourth-order valence-electron chi connectivity index (χ4n) is 1.81. The molecule has 0 saturated carbocycles. The average Bonchev–Trinajstić information content (AvgIpc) is 2.47. The molecule has 0 spiro atoms. The van der Waals surface area contributed by atoms with Gasteiger partial charge in [0, 0.05) is 0 Å². The zero-order valence-electron chi connectivity index (χ0n) is 11.9. The number of halogens is 1. The van der Waals surface area contributed by atoms with E-state index in [1.54, 1.807) is 37.4 Å². The molecule has 0 aliphatic rings. The Bertz CT molecular complexity index is 643. The van der Waals surface area contributed by atoms with E-state index >= 15 is 0 Å². The number of carbonyl (C=O) groups excluding carboxylic acids is 1. The van der Waals surface area contributed by atoms with Crippen LogP contribution in [0.25, 0.3) is 0 Å². The molecule has 5 heteroatoms. The number of para-hydroxylation sites is 1. The molecule has 110 valence electrons. The lowest BCUT2D eigenvalue weighted by atomic mass is 10.2. The van der Waals surface area contributed by atoms with Crippen LogP contribution >= 0.6 is 11.6 Å². The molecule has 0 aliphatic carbocycles. The number of anilines is 1. The van der Waals surface area contributed by atoms with Crippen LogP contribution in [0.5, 0.6) is 11.5 Å². The Morgan fingerprint density at radius 1 is 1.19 bits per heavy atom. The first-order chi connectivity index (χ1) is 10.1. The van der Waals surface area contributed by atoms with Gasteiger partial charge in [-0.3, -0.25) is 4.79 Å². The van der Waals surface area contributed by atoms with Crippen LogP contribution in [0.2, 0.25) is 5.02 Å². The smallest absolute Gasteiger partial charge is 0.262 e. The highest BCUT2D eigenvalue weighted by atomic mass is 35.5. The molecule has 1 N–H and O–H groups in total. The number of nitrogens with one attached hydrogen (secondary N) is 1. The lowest BCUT2D eigenvalue weighted by Crippen LogP contribution is -2.20. The Kier molecular flexibility index (Phi) is 5.06. The molecule has 0 bridgehead atoms. The van der Waals surface area contributed by atoms with E-state index in [1.807, 2.05) is 19.1 Å². The maximum atomic E-state index is 11.9. The topological polar surface area (TPSA) is 47.6 Å². The maximum absolute atomic E-state index is 11.9. The van der Waals surface area contributed by atoms with E-state index in [1.165, 1.54) is 0 Å². The standard InChI is InChI=1S/C16H16ClNO3/c1-11-7-8-15(20-2)13(9-11)18-16(19)10-21-14-6-4-3-5-12(14)17/h3-9H,10H2,1-2H3,(H,18,19). The number of aryl methyl sites for hydroxylation is 1. The second kappa shape index (κ2) is 6.99. The molecule has 0 atom stereocenters. The molecule has 21 heavy (non-hydrogen) atoms. The summed E-state index contributed by atoms with van der Waals surface area (Å²) >= 11 is 5.96. The van der Waals surface area contributed by atoms with E-state index in [-0.39, 0.29) is 12.5 Å². The van der Waals surface area contributed by atoms with Gasteiger partial charge in [-0.25, -0.2) is 0 Å². The van der Waals surface area contributed by atoms with Crippen molar-refractivity contribution in [1.82, 2.24) is 0 Å². The van der Waals surface area contributed by atoms with Gasteiger partial charge in [0.2, 0.25) is 0 Å². The minimum absolute atomic E-state index is 0.124. The molecule has 0 radical (unpaired) electrons. The molecule has 2 aromatic carbocycles. The van der Waals surface area contributed by atoms with Gasteiger partial charge in [0.05, 0.1) is 17.8 Å². The highest BCUT2D eigenvalue weighted by molar-refractivity contribution is 6.32. The molecule has 4 nitrogen and oxygen atoms in total. The molecule has 0 aromatic heterocycles. The third-order valence-electron chi connectivity index (χ3n) is 2.82. The number of rotatable bonds is 5. The van der Waals surface area contributed by atoms with E-state index < -0.39 is 0 Å². The summed E-state index contributed by atoms with van der Waals surface area (Å²) in [5, 5.41) is 3.23. The van der Waals surface area contributed by atoms with Crippen molar-refractivity contribution in [3.63, 3.8) is 0 Å². The summed E-state index contributed by atoms with van der Waals surface area (Å²) in [6.07, 6.45) is 0. The Morgan fingerprint density at radius 3 is 2.67 bits per heavy atom. The van der Waals surface area contributed by atoms with E-state index in [9.17, 15) is 4.79 Å². The van der Waals surface area contributed by atoms with Gasteiger partial charge >= 0.3 is 0 Å². The van der Waals surface area contributed by atoms with E-state index in [4.69, 9.17) is 21.1 Å². The molecule has 2 rings (SSSR count). The molecular formula is C16H16ClNO3. The maximum Gasteiger partial charge on any atom is 0.262 e. The van der Waals surface area contributed by atoms with Crippen LogP contribution < -0.4 is 14.8 Å². The summed E-state index contributed by atoms with van der Waals surface area (Å²) < 4.78 is 10.6. The summed E-state index contributed by atoms with van der Waals surface area (Å²) in [6, 6.07) is 12.6. The van der Waals surface area contributed by atoms with Crippen molar-refractivity contribution in [3.8, 4) is 11.5 Å². The lowest BCUT2D eigenvalue weighted by Gasteiger charge is -2.12. The van der Waals surface area contributed by atoms with Crippen molar-refractivity contribution < 1.29 is 14.3 Å². The summed E-state index contributed by atoms with van der Waals surface area (Å²) in [5.41, 5.74) is 1.64. The Morgan fingerprint density at radius 2 is 1.95 bits per heavy atom. The number of amides is 1. The van der Waals surface area contributed by atoms with Gasteiger partial charge in [-0.1, -0.05) is 29.8 Å². The first-order valence-corrected chi connectivity index (χ1v) is 6.80. The number of carbonyl (C=O) groups is 1. The van der Waals surface area contributed by atoms with Crippen LogP contribution in [-0.4, -0.2) is 19.6 Å². The van der Waals surface area contributed by atoms with Gasteiger partial charge in [-0.05, 0) is 36.8 Å². The largest absolute Gasteiger partial charge is 0.495 e. The number of hydrogen-bond donors (Lipinski definition) is 1. The van der Waals surface area contributed by atoms with E-state index in [0.717, 1.165) is 5.56 Å². The quantitative estimate of drug-likeness (QED) is 0.916. The summed E-state index contributed by atoms with van der Waals surface area (Å²) in [6.45, 7) is 1.82. The lowest BCUT2D eigenvalue weighted by molar-refractivity contribution is -0.118. The summed E-state index contributed by atoms with van der Waals surface area (Å²) in [7, 11) is 1.56. The highest BCUT2D eigenvalue weighted by Crippen LogP contribution is 2.26. The van der Waals surface area contributed by atoms with Gasteiger partial charge in [-0.15, -0.1) is 0 Å². The minimum atomic E-state index is -0.279. The predicted octanol–water partition coefficient (Wildman–Crippen LogP) is 3.67. The minimum Gasteiger partial charge on any atom is -0.495 e. The first kappa shape index (κ1) is 15.2. The normalized spacial score (nSPS) is 10.0. The van der Waals surface area contributed by atoms with Crippen LogP contribution in [0.3, 0.4) is 0 Å². The van der Waals surface area contributed by atoms with Gasteiger partial charge in [0.25, 0.3) is 5.91 Å². The van der Waals surface area contributed by atoms with Crippen LogP contribution in [-0.2, 0) is 4.79 Å². The van der Waals surface area contributed by atoms with Gasteiger partial charge in [0.1, 0.15) is 11.5 Å². The summed E-state index contributed by atoms with van der Waals surface area (Å²) in [4.78, 5) is 11.9. The summed E-state index contributed by atoms with van der Waals surface area (Å²) in [5.74, 6) is 0.802. The predicted molar refractivity (Wildman–Crippen MR) is 83.3 cm³/mol. The Hall–Kier alpha value is -2.20. The van der Waals surface area contributed by atoms with Crippen LogP contribution in [0.15, 0.2) is 42.5 Å². The number of methoxy groups -OCH3 is 1. The average molecular weight is 306 g/mol. The molecule has 0 fully saturated rings. The molecule has 1 amide bonds. The van der Waals surface area contributed by atoms with Gasteiger partial charge in [-0.2, -0.15) is 0 Å². The molecule has 0 heterocycles. The Balaban J connectivity index is 1.99. The third kappa shape index (κ3) is 4.13. The van der Waals surface area contributed by atoms with Crippen LogP contribution in [0, 0.1) is 6.92 Å². The number of hydrogen-bond acceptors (Lipinski definition) is 3. The van der Waals surface area contributed by atoms with Crippen LogP contribution in [0.4, 0.5) is 5.69 Å². The van der Waals surface area contributed by atoms with Crippen molar-refractivity contribution in [2.45, 2.75) is 6.92 Å². The molecule has 0 aliphatic heterocycles. The van der Waals surface area contributed by atoms with Crippen molar-refractivity contribution in [2.24, 2.45) is 0 Å². The van der Waals surface area contributed by atoms with Crippen molar-refractivity contribution in [3.05, 3.63) is 53.1 Å². The number of ether oxygens (including phenoxy) is 2. The number of benzene rings is 2. The van der Waals surface area contributed by atoms with Crippen molar-refractivity contribution in [1.29, 1.82) is 0 Å². The molecular weight excluding hydrogens is 290 g/mol. The second-order valence-electron chi connectivity index (χ2n) is 4.47. The highest BCUT2D eigenvalue weighted by Gasteiger charge is 2.09. The fourth-order valence-corrected chi connectivity index (χ4v) is 2.00. The molecule has 0 saturated heterocycles. The molecule has 2 aromatic rings. The molecule has 0 unspecified atom stereocenters. The SMILES string of the molecule is COc1ccc(C)cc1NC(=O)COc1ccccc1Cl. The zero-order valence-corrected chi connectivity index (χ0v) is 12.6. The monoisotopic (exact) mass is 305 g/mol. The van der Waals surface area contributed by atoms with E-state index in [2.05, 4.69) is 5.32 Å². The van der Waals surface area contributed by atoms with Crippen molar-refractivity contribution >= 4 is 23.2 Å². The third-order valence-corrected chi connectivity index (χ3v) is 3.14. The second-order valence-corrected chi connectivity index (χ2v) is 4.88. The van der Waals surface area contributed by atoms with E-state index in [0.29, 0.717) is 22.2 Å². The Labute approximate surface area is 128 Å². The van der Waals surface area contributed by atoms with Gasteiger partial charge in [0.15, 0.2) is 6.61 Å². The van der Waals surface area contributed by atoms with Crippen molar-refractivity contribution in [2.75, 3.05) is 19.0 Å². The zero-order chi connectivity index (χ0) is 15.2.